The Morgan fingerprint density at radius 3 is 2.89 bits per heavy atom. The number of carbonyl (C=O) groups excluding carboxylic acids is 1. The first-order chi connectivity index (χ1) is 8.66. The Hall–Kier alpha value is -1.75. The average molecular weight is 309 g/mol. The number of carbonyl (C=O) groups is 1. The molecule has 1 heterocycles. The lowest BCUT2D eigenvalue weighted by molar-refractivity contribution is 0.0946. The second kappa shape index (κ2) is 5.73. The number of aromatic nitrogens is 1. The van der Waals surface area contributed by atoms with Gasteiger partial charge in [-0.05, 0) is 29.8 Å². The third-order valence-corrected chi connectivity index (χ3v) is 2.84. The third kappa shape index (κ3) is 3.13. The van der Waals surface area contributed by atoms with Crippen molar-refractivity contribution in [1.82, 2.24) is 10.3 Å². The predicted octanol–water partition coefficient (Wildman–Crippen LogP) is 2.91. The molecule has 92 valence electrons. The van der Waals surface area contributed by atoms with Crippen LogP contribution in [0.4, 0.5) is 4.39 Å². The van der Waals surface area contributed by atoms with E-state index in [0.29, 0.717) is 6.54 Å². The number of benzene rings is 1. The lowest BCUT2D eigenvalue weighted by Crippen LogP contribution is -2.24. The van der Waals surface area contributed by atoms with Crippen LogP contribution in [0.2, 0.25) is 0 Å². The van der Waals surface area contributed by atoms with Gasteiger partial charge in [0.05, 0.1) is 5.56 Å². The van der Waals surface area contributed by atoms with Crippen molar-refractivity contribution in [2.75, 3.05) is 0 Å². The standard InChI is InChI=1S/C13H10BrFN2O/c14-10-4-1-3-9(7-10)8-17-13(18)11-5-2-6-16-12(11)15/h1-7H,8H2,(H,17,18). The van der Waals surface area contributed by atoms with Gasteiger partial charge in [-0.1, -0.05) is 28.1 Å². The molecule has 0 saturated heterocycles. The molecule has 3 nitrogen and oxygen atoms in total. The monoisotopic (exact) mass is 308 g/mol. The molecule has 0 saturated carbocycles. The van der Waals surface area contributed by atoms with Crippen LogP contribution in [0.3, 0.4) is 0 Å². The fourth-order valence-corrected chi connectivity index (χ4v) is 1.93. The fourth-order valence-electron chi connectivity index (χ4n) is 1.48. The molecule has 0 unspecified atom stereocenters. The molecule has 1 amide bonds. The molecule has 5 heteroatoms. The number of rotatable bonds is 3. The Morgan fingerprint density at radius 2 is 2.17 bits per heavy atom. The third-order valence-electron chi connectivity index (χ3n) is 2.35. The summed E-state index contributed by atoms with van der Waals surface area (Å²) >= 11 is 3.34. The quantitative estimate of drug-likeness (QED) is 0.886. The Bertz CT molecular complexity index is 574. The summed E-state index contributed by atoms with van der Waals surface area (Å²) in [6, 6.07) is 10.5. The van der Waals surface area contributed by atoms with E-state index in [9.17, 15) is 9.18 Å². The molecule has 0 aliphatic carbocycles. The second-order valence-electron chi connectivity index (χ2n) is 3.65. The van der Waals surface area contributed by atoms with Crippen LogP contribution in [0, 0.1) is 5.95 Å². The van der Waals surface area contributed by atoms with E-state index in [1.165, 1.54) is 18.3 Å². The summed E-state index contributed by atoms with van der Waals surface area (Å²) in [5.74, 6) is -1.23. The van der Waals surface area contributed by atoms with Crippen LogP contribution in [0.5, 0.6) is 0 Å². The zero-order valence-electron chi connectivity index (χ0n) is 9.36. The Labute approximate surface area is 112 Å². The van der Waals surface area contributed by atoms with Crippen molar-refractivity contribution in [2.24, 2.45) is 0 Å². The lowest BCUT2D eigenvalue weighted by Gasteiger charge is -2.06. The molecule has 0 spiro atoms. The van der Waals surface area contributed by atoms with E-state index >= 15 is 0 Å². The average Bonchev–Trinajstić information content (AvgIpc) is 2.37. The van der Waals surface area contributed by atoms with Crippen LogP contribution in [0.1, 0.15) is 15.9 Å². The maximum atomic E-state index is 13.3. The van der Waals surface area contributed by atoms with Crippen LogP contribution in [-0.4, -0.2) is 10.9 Å². The van der Waals surface area contributed by atoms with Crippen molar-refractivity contribution >= 4 is 21.8 Å². The van der Waals surface area contributed by atoms with Crippen molar-refractivity contribution in [3.05, 3.63) is 64.1 Å². The first kappa shape index (κ1) is 12.7. The van der Waals surface area contributed by atoms with Gasteiger partial charge in [0.15, 0.2) is 0 Å². The molecule has 0 aliphatic rings. The Balaban J connectivity index is 2.03. The molecule has 18 heavy (non-hydrogen) atoms. The summed E-state index contributed by atoms with van der Waals surface area (Å²) in [7, 11) is 0. The highest BCUT2D eigenvalue weighted by Crippen LogP contribution is 2.11. The zero-order chi connectivity index (χ0) is 13.0. The highest BCUT2D eigenvalue weighted by atomic mass is 79.9. The van der Waals surface area contributed by atoms with Crippen LogP contribution in [0.15, 0.2) is 47.1 Å². The number of hydrogen-bond donors (Lipinski definition) is 1. The highest BCUT2D eigenvalue weighted by Gasteiger charge is 2.11. The van der Waals surface area contributed by atoms with Crippen molar-refractivity contribution < 1.29 is 9.18 Å². The molecule has 0 bridgehead atoms. The van der Waals surface area contributed by atoms with E-state index in [1.807, 2.05) is 24.3 Å². The molecule has 0 fully saturated rings. The Kier molecular flexibility index (Phi) is 4.04. The first-order valence-corrected chi connectivity index (χ1v) is 6.09. The van der Waals surface area contributed by atoms with Gasteiger partial charge in [-0.2, -0.15) is 4.39 Å². The minimum atomic E-state index is -0.760. The molecular formula is C13H10BrFN2O. The van der Waals surface area contributed by atoms with Gasteiger partial charge in [-0.15, -0.1) is 0 Å². The van der Waals surface area contributed by atoms with Crippen LogP contribution in [-0.2, 0) is 6.54 Å². The molecule has 1 aromatic carbocycles. The SMILES string of the molecule is O=C(NCc1cccc(Br)c1)c1cccnc1F. The normalized spacial score (nSPS) is 10.1. The number of nitrogens with zero attached hydrogens (tertiary/aromatic N) is 1. The molecule has 1 aromatic heterocycles. The van der Waals surface area contributed by atoms with E-state index in [1.54, 1.807) is 0 Å². The van der Waals surface area contributed by atoms with E-state index in [2.05, 4.69) is 26.2 Å². The van der Waals surface area contributed by atoms with Crippen LogP contribution >= 0.6 is 15.9 Å². The number of nitrogens with one attached hydrogen (secondary N) is 1. The van der Waals surface area contributed by atoms with Gasteiger partial charge >= 0.3 is 0 Å². The van der Waals surface area contributed by atoms with Gasteiger partial charge in [-0.3, -0.25) is 4.79 Å². The van der Waals surface area contributed by atoms with Crippen molar-refractivity contribution in [1.29, 1.82) is 0 Å². The topological polar surface area (TPSA) is 42.0 Å². The smallest absolute Gasteiger partial charge is 0.256 e. The minimum Gasteiger partial charge on any atom is -0.348 e. The molecular weight excluding hydrogens is 299 g/mol. The van der Waals surface area contributed by atoms with E-state index in [4.69, 9.17) is 0 Å². The van der Waals surface area contributed by atoms with E-state index in [-0.39, 0.29) is 5.56 Å². The Morgan fingerprint density at radius 1 is 1.33 bits per heavy atom. The maximum Gasteiger partial charge on any atom is 0.256 e. The number of halogens is 2. The van der Waals surface area contributed by atoms with Gasteiger partial charge in [0.1, 0.15) is 0 Å². The van der Waals surface area contributed by atoms with Gasteiger partial charge < -0.3 is 5.32 Å². The summed E-state index contributed by atoms with van der Waals surface area (Å²) in [4.78, 5) is 15.2. The van der Waals surface area contributed by atoms with Crippen molar-refractivity contribution in [2.45, 2.75) is 6.54 Å². The first-order valence-electron chi connectivity index (χ1n) is 5.30. The van der Waals surface area contributed by atoms with Crippen molar-refractivity contribution in [3.63, 3.8) is 0 Å². The maximum absolute atomic E-state index is 13.3. The molecule has 0 atom stereocenters. The predicted molar refractivity (Wildman–Crippen MR) is 69.5 cm³/mol. The number of hydrogen-bond acceptors (Lipinski definition) is 2. The summed E-state index contributed by atoms with van der Waals surface area (Å²) < 4.78 is 14.2. The highest BCUT2D eigenvalue weighted by molar-refractivity contribution is 9.10. The van der Waals surface area contributed by atoms with E-state index < -0.39 is 11.9 Å². The summed E-state index contributed by atoms with van der Waals surface area (Å²) in [5.41, 5.74) is 0.884. The zero-order valence-corrected chi connectivity index (χ0v) is 10.9. The summed E-state index contributed by atoms with van der Waals surface area (Å²) in [6.45, 7) is 0.340. The molecule has 2 aromatic rings. The van der Waals surface area contributed by atoms with Crippen molar-refractivity contribution in [3.8, 4) is 0 Å². The molecule has 2 rings (SSSR count). The number of pyridine rings is 1. The van der Waals surface area contributed by atoms with Gasteiger partial charge in [0.25, 0.3) is 5.91 Å². The van der Waals surface area contributed by atoms with Crippen LogP contribution < -0.4 is 5.32 Å². The minimum absolute atomic E-state index is 0.0486. The van der Waals surface area contributed by atoms with Gasteiger partial charge in [0.2, 0.25) is 5.95 Å². The number of amides is 1. The summed E-state index contributed by atoms with van der Waals surface area (Å²) in [5, 5.41) is 2.64. The molecule has 0 radical (unpaired) electrons. The van der Waals surface area contributed by atoms with Crippen LogP contribution in [0.25, 0.3) is 0 Å². The van der Waals surface area contributed by atoms with E-state index in [0.717, 1.165) is 10.0 Å². The largest absolute Gasteiger partial charge is 0.348 e. The molecule has 1 N–H and O–H groups in total. The fraction of sp³-hybridized carbons (Fsp3) is 0.0769. The molecule has 0 aliphatic heterocycles. The second-order valence-corrected chi connectivity index (χ2v) is 4.57. The lowest BCUT2D eigenvalue weighted by atomic mass is 10.2. The van der Waals surface area contributed by atoms with Gasteiger partial charge in [-0.25, -0.2) is 4.98 Å². The van der Waals surface area contributed by atoms with Gasteiger partial charge in [0, 0.05) is 17.2 Å². The summed E-state index contributed by atoms with van der Waals surface area (Å²) in [6.07, 6.45) is 1.31.